The molecule has 5 rings (SSSR count). The van der Waals surface area contributed by atoms with Gasteiger partial charge in [0.25, 0.3) is 0 Å². The Morgan fingerprint density at radius 2 is 2.03 bits per heavy atom. The molecule has 0 fully saturated rings. The summed E-state index contributed by atoms with van der Waals surface area (Å²) in [6.45, 7) is 0. The molecule has 29 heavy (non-hydrogen) atoms. The third-order valence-electron chi connectivity index (χ3n) is 4.85. The molecule has 0 saturated carbocycles. The lowest BCUT2D eigenvalue weighted by Gasteiger charge is -2.20. The number of nitrogens with one attached hydrogen (secondary N) is 2. The van der Waals surface area contributed by atoms with Gasteiger partial charge in [-0.2, -0.15) is 5.26 Å². The van der Waals surface area contributed by atoms with E-state index in [0.29, 0.717) is 27.6 Å². The number of rotatable bonds is 2. The number of H-pyrrole nitrogens is 1. The molecule has 0 radical (unpaired) electrons. The largest absolute Gasteiger partial charge is 0.370 e. The molecule has 0 spiro atoms. The topological polar surface area (TPSA) is 97.6 Å². The first-order chi connectivity index (χ1) is 14.1. The average Bonchev–Trinajstić information content (AvgIpc) is 3.22. The summed E-state index contributed by atoms with van der Waals surface area (Å²) in [4.78, 5) is 12.1. The van der Waals surface area contributed by atoms with Crippen molar-refractivity contribution in [2.45, 2.75) is 6.23 Å². The van der Waals surface area contributed by atoms with Gasteiger partial charge in [-0.15, -0.1) is 0 Å². The average molecular weight is 400 g/mol. The summed E-state index contributed by atoms with van der Waals surface area (Å²) in [5.74, 6) is 0.579. The van der Waals surface area contributed by atoms with Gasteiger partial charge in [0.2, 0.25) is 0 Å². The highest BCUT2D eigenvalue weighted by Gasteiger charge is 2.19. The number of aromatic amines is 1. The van der Waals surface area contributed by atoms with E-state index in [4.69, 9.17) is 16.6 Å². The summed E-state index contributed by atoms with van der Waals surface area (Å²) in [7, 11) is 0. The molecule has 0 saturated heterocycles. The molecule has 0 aliphatic carbocycles. The molecule has 6 nitrogen and oxygen atoms in total. The van der Waals surface area contributed by atoms with Crippen LogP contribution in [0.2, 0.25) is 5.02 Å². The number of benzene rings is 2. The third-order valence-corrected chi connectivity index (χ3v) is 5.14. The second-order valence-corrected chi connectivity index (χ2v) is 7.13. The van der Waals surface area contributed by atoms with Gasteiger partial charge in [-0.1, -0.05) is 29.8 Å². The van der Waals surface area contributed by atoms with Crippen molar-refractivity contribution in [3.8, 4) is 28.5 Å². The zero-order chi connectivity index (χ0) is 20.0. The number of imidazole rings is 1. The van der Waals surface area contributed by atoms with Crippen LogP contribution in [0, 0.1) is 11.3 Å². The first-order valence-corrected chi connectivity index (χ1v) is 9.31. The second-order valence-electron chi connectivity index (χ2n) is 6.72. The predicted octanol–water partition coefficient (Wildman–Crippen LogP) is 4.57. The van der Waals surface area contributed by atoms with Crippen LogP contribution in [0.25, 0.3) is 39.5 Å². The van der Waals surface area contributed by atoms with Crippen LogP contribution < -0.4 is 5.32 Å². The Kier molecular flexibility index (Phi) is 4.06. The monoisotopic (exact) mass is 399 g/mol. The zero-order valence-electron chi connectivity index (χ0n) is 15.0. The number of fused-ring (bicyclic) bond motifs is 2. The number of aromatic nitrogens is 3. The smallest absolute Gasteiger partial charge is 0.145 e. The van der Waals surface area contributed by atoms with Gasteiger partial charge in [0.05, 0.1) is 34.2 Å². The van der Waals surface area contributed by atoms with Crippen LogP contribution >= 0.6 is 11.6 Å². The van der Waals surface area contributed by atoms with E-state index in [2.05, 4.69) is 21.4 Å². The van der Waals surface area contributed by atoms with E-state index in [0.717, 1.165) is 27.8 Å². The maximum absolute atomic E-state index is 9.91. The Morgan fingerprint density at radius 1 is 1.14 bits per heavy atom. The lowest BCUT2D eigenvalue weighted by atomic mass is 9.95. The van der Waals surface area contributed by atoms with Crippen molar-refractivity contribution in [1.82, 2.24) is 15.0 Å². The molecule has 1 aliphatic rings. The molecular weight excluding hydrogens is 386 g/mol. The van der Waals surface area contributed by atoms with E-state index in [-0.39, 0.29) is 0 Å². The Morgan fingerprint density at radius 3 is 2.90 bits per heavy atom. The second kappa shape index (κ2) is 6.74. The van der Waals surface area contributed by atoms with Crippen LogP contribution in [0.4, 0.5) is 5.82 Å². The summed E-state index contributed by atoms with van der Waals surface area (Å²) in [5.41, 5.74) is 6.15. The predicted molar refractivity (Wildman–Crippen MR) is 113 cm³/mol. The van der Waals surface area contributed by atoms with Crippen molar-refractivity contribution in [3.63, 3.8) is 0 Å². The summed E-state index contributed by atoms with van der Waals surface area (Å²) < 4.78 is 0. The number of anilines is 1. The first kappa shape index (κ1) is 17.4. The summed E-state index contributed by atoms with van der Waals surface area (Å²) >= 11 is 6.46. The normalized spacial score (nSPS) is 15.0. The van der Waals surface area contributed by atoms with E-state index in [1.54, 1.807) is 24.5 Å². The van der Waals surface area contributed by atoms with Crippen molar-refractivity contribution in [2.24, 2.45) is 0 Å². The number of aliphatic hydroxyl groups is 1. The van der Waals surface area contributed by atoms with Gasteiger partial charge < -0.3 is 15.4 Å². The van der Waals surface area contributed by atoms with E-state index < -0.39 is 6.23 Å². The number of halogens is 1. The number of pyridine rings is 1. The minimum Gasteiger partial charge on any atom is -0.370 e. The van der Waals surface area contributed by atoms with Gasteiger partial charge in [-0.3, -0.25) is 0 Å². The molecule has 1 aliphatic heterocycles. The van der Waals surface area contributed by atoms with Gasteiger partial charge >= 0.3 is 0 Å². The molecule has 7 heteroatoms. The van der Waals surface area contributed by atoms with Gasteiger partial charge in [-0.25, -0.2) is 9.97 Å². The number of nitrogens with zero attached hydrogens (tertiary/aromatic N) is 3. The molecule has 3 N–H and O–H groups in total. The minimum absolute atomic E-state index is 0.539. The molecule has 0 bridgehead atoms. The molecule has 4 aromatic rings. The molecule has 0 amide bonds. The lowest BCUT2D eigenvalue weighted by Crippen LogP contribution is -2.20. The van der Waals surface area contributed by atoms with Crippen molar-refractivity contribution >= 4 is 34.5 Å². The fourth-order valence-electron chi connectivity index (χ4n) is 3.49. The van der Waals surface area contributed by atoms with Gasteiger partial charge in [-0.05, 0) is 42.0 Å². The fourth-order valence-corrected chi connectivity index (χ4v) is 3.76. The van der Waals surface area contributed by atoms with Crippen LogP contribution in [0.3, 0.4) is 0 Å². The Bertz CT molecular complexity index is 1340. The lowest BCUT2D eigenvalue weighted by molar-refractivity contribution is 0.251. The summed E-state index contributed by atoms with van der Waals surface area (Å²) in [6.07, 6.45) is 4.31. The third kappa shape index (κ3) is 3.03. The van der Waals surface area contributed by atoms with Crippen molar-refractivity contribution in [3.05, 3.63) is 71.0 Å². The highest BCUT2D eigenvalue weighted by atomic mass is 35.5. The van der Waals surface area contributed by atoms with E-state index in [9.17, 15) is 10.4 Å². The zero-order valence-corrected chi connectivity index (χ0v) is 15.8. The molecule has 1 atom stereocenters. The SMILES string of the molecule is N#Cc1cccc(-c2nc3c(cc2-c2cc(Cl)c4nc[nH]c4c2)C=CC(O)N3)c1. The Balaban J connectivity index is 1.79. The highest BCUT2D eigenvalue weighted by molar-refractivity contribution is 6.35. The van der Waals surface area contributed by atoms with Crippen molar-refractivity contribution < 1.29 is 5.11 Å². The van der Waals surface area contributed by atoms with E-state index in [1.165, 1.54) is 0 Å². The highest BCUT2D eigenvalue weighted by Crippen LogP contribution is 2.38. The molecule has 2 aromatic carbocycles. The quantitative estimate of drug-likeness (QED) is 0.458. The number of hydrogen-bond donors (Lipinski definition) is 3. The van der Waals surface area contributed by atoms with Crippen molar-refractivity contribution in [1.29, 1.82) is 5.26 Å². The first-order valence-electron chi connectivity index (χ1n) is 8.94. The Labute approximate surface area is 171 Å². The molecule has 3 heterocycles. The van der Waals surface area contributed by atoms with Gasteiger partial charge in [0, 0.05) is 16.7 Å². The molecule has 140 valence electrons. The number of aliphatic hydroxyl groups excluding tert-OH is 1. The fraction of sp³-hybridized carbons (Fsp3) is 0.0455. The van der Waals surface area contributed by atoms with Crippen LogP contribution in [0.1, 0.15) is 11.1 Å². The molecule has 1 unspecified atom stereocenters. The van der Waals surface area contributed by atoms with Gasteiger partial charge in [0.15, 0.2) is 0 Å². The maximum Gasteiger partial charge on any atom is 0.145 e. The van der Waals surface area contributed by atoms with Crippen molar-refractivity contribution in [2.75, 3.05) is 5.32 Å². The minimum atomic E-state index is -0.796. The standard InChI is InChI=1S/C22H14ClN5O/c23-17-8-15(9-18-21(17)26-11-25-18)16-7-14-4-5-19(29)27-22(14)28-20(16)13-3-1-2-12(6-13)10-24/h1-9,11,19,29H,(H,25,26)(H,27,28). The van der Waals surface area contributed by atoms with Gasteiger partial charge in [0.1, 0.15) is 17.6 Å². The Hall–Kier alpha value is -3.66. The van der Waals surface area contributed by atoms with Crippen LogP contribution in [-0.4, -0.2) is 26.3 Å². The maximum atomic E-state index is 9.91. The summed E-state index contributed by atoms with van der Waals surface area (Å²) in [6, 6.07) is 15.3. The molecule has 2 aromatic heterocycles. The van der Waals surface area contributed by atoms with E-state index in [1.807, 2.05) is 36.4 Å². The van der Waals surface area contributed by atoms with Crippen LogP contribution in [0.5, 0.6) is 0 Å². The van der Waals surface area contributed by atoms with E-state index >= 15 is 0 Å². The van der Waals surface area contributed by atoms with Crippen LogP contribution in [-0.2, 0) is 0 Å². The number of hydrogen-bond acceptors (Lipinski definition) is 5. The summed E-state index contributed by atoms with van der Waals surface area (Å²) in [5, 5.41) is 22.7. The number of nitriles is 1. The van der Waals surface area contributed by atoms with Crippen LogP contribution in [0.15, 0.2) is 54.9 Å². The molecular formula is C22H14ClN5O.